The van der Waals surface area contributed by atoms with E-state index in [0.29, 0.717) is 0 Å². The minimum absolute atomic E-state index is 0.253. The fourth-order valence-electron chi connectivity index (χ4n) is 1.67. The van der Waals surface area contributed by atoms with Gasteiger partial charge in [-0.15, -0.1) is 11.6 Å². The summed E-state index contributed by atoms with van der Waals surface area (Å²) >= 11 is 5.65. The maximum absolute atomic E-state index is 9.72. The third kappa shape index (κ3) is 1.94. The van der Waals surface area contributed by atoms with Gasteiger partial charge in [0.2, 0.25) is 0 Å². The van der Waals surface area contributed by atoms with E-state index in [1.54, 1.807) is 0 Å². The largest absolute Gasteiger partial charge is 0.387 e. The van der Waals surface area contributed by atoms with E-state index in [0.717, 1.165) is 11.1 Å². The fourth-order valence-corrected chi connectivity index (χ4v) is 1.84. The molecule has 1 aromatic rings. The highest BCUT2D eigenvalue weighted by atomic mass is 35.5. The van der Waals surface area contributed by atoms with E-state index < -0.39 is 6.10 Å². The molecule has 0 fully saturated rings. The van der Waals surface area contributed by atoms with Gasteiger partial charge in [-0.3, -0.25) is 0 Å². The molecule has 2 heteroatoms. The topological polar surface area (TPSA) is 20.2 Å². The highest BCUT2D eigenvalue weighted by molar-refractivity contribution is 6.18. The molecule has 0 spiro atoms. The van der Waals surface area contributed by atoms with Crippen LogP contribution in [0.5, 0.6) is 0 Å². The van der Waals surface area contributed by atoms with Crippen molar-refractivity contribution in [2.45, 2.75) is 33.8 Å². The normalized spacial score (nSPS) is 13.0. The quantitative estimate of drug-likeness (QED) is 0.747. The van der Waals surface area contributed by atoms with E-state index in [1.165, 1.54) is 16.7 Å². The number of aliphatic hydroxyl groups is 1. The van der Waals surface area contributed by atoms with Crippen molar-refractivity contribution in [3.05, 3.63) is 33.9 Å². The maximum Gasteiger partial charge on any atom is 0.0928 e. The lowest BCUT2D eigenvalue weighted by Crippen LogP contribution is -2.05. The van der Waals surface area contributed by atoms with Gasteiger partial charge in [0.25, 0.3) is 0 Å². The van der Waals surface area contributed by atoms with Crippen LogP contribution in [-0.4, -0.2) is 11.0 Å². The second kappa shape index (κ2) is 4.33. The predicted octanol–water partition coefficient (Wildman–Crippen LogP) is 3.19. The van der Waals surface area contributed by atoms with E-state index >= 15 is 0 Å². The van der Waals surface area contributed by atoms with Gasteiger partial charge >= 0.3 is 0 Å². The molecule has 14 heavy (non-hydrogen) atoms. The van der Waals surface area contributed by atoms with Crippen molar-refractivity contribution in [3.8, 4) is 0 Å². The molecule has 0 heterocycles. The van der Waals surface area contributed by atoms with Crippen LogP contribution in [0.4, 0.5) is 0 Å². The minimum atomic E-state index is -0.547. The Morgan fingerprint density at radius 3 is 2.21 bits per heavy atom. The molecule has 0 aliphatic rings. The third-order valence-corrected chi connectivity index (χ3v) is 3.32. The first-order valence-corrected chi connectivity index (χ1v) is 5.33. The van der Waals surface area contributed by atoms with Crippen LogP contribution >= 0.6 is 11.6 Å². The van der Waals surface area contributed by atoms with Gasteiger partial charge < -0.3 is 5.11 Å². The van der Waals surface area contributed by atoms with Crippen molar-refractivity contribution >= 4 is 11.6 Å². The van der Waals surface area contributed by atoms with E-state index in [1.807, 2.05) is 13.0 Å². The molecular formula is C12H17ClO. The zero-order valence-corrected chi connectivity index (χ0v) is 9.94. The Hall–Kier alpha value is -0.530. The Morgan fingerprint density at radius 1 is 1.14 bits per heavy atom. The summed E-state index contributed by atoms with van der Waals surface area (Å²) in [5.41, 5.74) is 5.88. The first-order valence-electron chi connectivity index (χ1n) is 4.80. The van der Waals surface area contributed by atoms with E-state index in [9.17, 15) is 5.11 Å². The van der Waals surface area contributed by atoms with Gasteiger partial charge in [-0.2, -0.15) is 0 Å². The van der Waals surface area contributed by atoms with Gasteiger partial charge in [-0.25, -0.2) is 0 Å². The van der Waals surface area contributed by atoms with Crippen LogP contribution in [0.2, 0.25) is 0 Å². The summed E-state index contributed by atoms with van der Waals surface area (Å²) in [6.45, 7) is 8.29. The Morgan fingerprint density at radius 2 is 1.71 bits per heavy atom. The molecule has 0 aliphatic heterocycles. The van der Waals surface area contributed by atoms with Gasteiger partial charge in [0, 0.05) is 0 Å². The van der Waals surface area contributed by atoms with Crippen molar-refractivity contribution < 1.29 is 5.11 Å². The first-order chi connectivity index (χ1) is 6.49. The lowest BCUT2D eigenvalue weighted by Gasteiger charge is -2.17. The first kappa shape index (κ1) is 11.5. The smallest absolute Gasteiger partial charge is 0.0928 e. The number of rotatable bonds is 2. The number of benzene rings is 1. The Kier molecular flexibility index (Phi) is 3.57. The monoisotopic (exact) mass is 212 g/mol. The maximum atomic E-state index is 9.72. The second-order valence-corrected chi connectivity index (χ2v) is 4.14. The summed E-state index contributed by atoms with van der Waals surface area (Å²) in [6.07, 6.45) is -0.547. The highest BCUT2D eigenvalue weighted by Crippen LogP contribution is 2.26. The summed E-state index contributed by atoms with van der Waals surface area (Å²) in [5.74, 6) is 0.253. The molecule has 0 aliphatic carbocycles. The highest BCUT2D eigenvalue weighted by Gasteiger charge is 2.13. The summed E-state index contributed by atoms with van der Waals surface area (Å²) < 4.78 is 0. The van der Waals surface area contributed by atoms with Crippen molar-refractivity contribution in [2.75, 3.05) is 5.88 Å². The van der Waals surface area contributed by atoms with Gasteiger partial charge in [0.15, 0.2) is 0 Å². The molecule has 0 aromatic heterocycles. The van der Waals surface area contributed by atoms with Gasteiger partial charge in [-0.05, 0) is 55.5 Å². The van der Waals surface area contributed by atoms with Gasteiger partial charge in [0.1, 0.15) is 0 Å². The van der Waals surface area contributed by atoms with Crippen LogP contribution in [0.3, 0.4) is 0 Å². The molecule has 0 saturated heterocycles. The fraction of sp³-hybridized carbons (Fsp3) is 0.500. The summed E-state index contributed by atoms with van der Waals surface area (Å²) in [4.78, 5) is 0. The van der Waals surface area contributed by atoms with E-state index in [-0.39, 0.29) is 5.88 Å². The molecule has 0 amide bonds. The molecule has 0 radical (unpaired) electrons. The number of aliphatic hydroxyl groups excluding tert-OH is 1. The Labute approximate surface area is 90.7 Å². The van der Waals surface area contributed by atoms with Crippen LogP contribution in [0, 0.1) is 27.7 Å². The SMILES string of the molecule is Cc1cc([C@H](O)CCl)c(C)c(C)c1C. The predicted molar refractivity (Wildman–Crippen MR) is 61.1 cm³/mol. The number of hydrogen-bond donors (Lipinski definition) is 1. The molecule has 78 valence electrons. The molecule has 0 bridgehead atoms. The van der Waals surface area contributed by atoms with Crippen molar-refractivity contribution in [2.24, 2.45) is 0 Å². The summed E-state index contributed by atoms with van der Waals surface area (Å²) in [6, 6.07) is 2.03. The zero-order chi connectivity index (χ0) is 10.9. The Balaban J connectivity index is 3.33. The van der Waals surface area contributed by atoms with Crippen LogP contribution in [-0.2, 0) is 0 Å². The molecule has 1 nitrogen and oxygen atoms in total. The molecule has 1 rings (SSSR count). The molecule has 1 aromatic carbocycles. The summed E-state index contributed by atoms with van der Waals surface area (Å²) in [5, 5.41) is 9.72. The van der Waals surface area contributed by atoms with Gasteiger partial charge in [-0.1, -0.05) is 6.07 Å². The minimum Gasteiger partial charge on any atom is -0.387 e. The Bertz CT molecular complexity index is 345. The average Bonchev–Trinajstić information content (AvgIpc) is 2.19. The standard InChI is InChI=1S/C12H17ClO/c1-7-5-11(12(14)6-13)10(4)9(3)8(7)2/h5,12,14H,6H2,1-4H3/t12-/m1/s1. The van der Waals surface area contributed by atoms with Crippen LogP contribution in [0.1, 0.15) is 33.9 Å². The van der Waals surface area contributed by atoms with E-state index in [4.69, 9.17) is 11.6 Å². The molecule has 1 N–H and O–H groups in total. The van der Waals surface area contributed by atoms with Crippen molar-refractivity contribution in [3.63, 3.8) is 0 Å². The second-order valence-electron chi connectivity index (χ2n) is 3.83. The number of hydrogen-bond acceptors (Lipinski definition) is 1. The number of halogens is 1. The van der Waals surface area contributed by atoms with Gasteiger partial charge in [0.05, 0.1) is 12.0 Å². The molecular weight excluding hydrogens is 196 g/mol. The lowest BCUT2D eigenvalue weighted by molar-refractivity contribution is 0.201. The number of aryl methyl sites for hydroxylation is 1. The van der Waals surface area contributed by atoms with Crippen LogP contribution in [0.15, 0.2) is 6.07 Å². The van der Waals surface area contributed by atoms with Crippen molar-refractivity contribution in [1.82, 2.24) is 0 Å². The zero-order valence-electron chi connectivity index (χ0n) is 9.19. The molecule has 0 saturated carbocycles. The third-order valence-electron chi connectivity index (χ3n) is 3.03. The van der Waals surface area contributed by atoms with Crippen LogP contribution in [0.25, 0.3) is 0 Å². The van der Waals surface area contributed by atoms with E-state index in [2.05, 4.69) is 20.8 Å². The summed E-state index contributed by atoms with van der Waals surface area (Å²) in [7, 11) is 0. The lowest BCUT2D eigenvalue weighted by atomic mass is 9.92. The average molecular weight is 213 g/mol. The van der Waals surface area contributed by atoms with Crippen molar-refractivity contribution in [1.29, 1.82) is 0 Å². The molecule has 0 unspecified atom stereocenters. The number of alkyl halides is 1. The van der Waals surface area contributed by atoms with Crippen LogP contribution < -0.4 is 0 Å². The molecule has 1 atom stereocenters.